The molecule has 2 rings (SSSR count). The topological polar surface area (TPSA) is 74.7 Å². The van der Waals surface area contributed by atoms with E-state index in [1.165, 1.54) is 12.1 Å². The van der Waals surface area contributed by atoms with Gasteiger partial charge in [0.05, 0.1) is 13.2 Å². The molecule has 2 aromatic rings. The summed E-state index contributed by atoms with van der Waals surface area (Å²) in [5, 5.41) is 0. The predicted octanol–water partition coefficient (Wildman–Crippen LogP) is 2.87. The van der Waals surface area contributed by atoms with Crippen LogP contribution < -0.4 is 9.47 Å². The van der Waals surface area contributed by atoms with Crippen molar-refractivity contribution in [2.75, 3.05) is 7.11 Å². The number of rotatable bonds is 5. The van der Waals surface area contributed by atoms with Crippen molar-refractivity contribution in [2.24, 2.45) is 0 Å². The van der Waals surface area contributed by atoms with E-state index in [2.05, 4.69) is 4.98 Å². The van der Waals surface area contributed by atoms with E-state index in [0.29, 0.717) is 11.5 Å². The maximum Gasteiger partial charge on any atom is 0.362 e. The summed E-state index contributed by atoms with van der Waals surface area (Å²) in [7, 11) is 1.55. The number of hydrogen-bond acceptors (Lipinski definition) is 6. The van der Waals surface area contributed by atoms with Gasteiger partial charge < -0.3 is 14.2 Å². The van der Waals surface area contributed by atoms with Gasteiger partial charge in [-0.2, -0.15) is 0 Å². The fraction of sp³-hybridized carbons (Fsp3) is 0.235. The number of esters is 2. The number of hydrogen-bond donors (Lipinski definition) is 0. The van der Waals surface area contributed by atoms with Crippen LogP contribution in [0.1, 0.15) is 34.8 Å². The molecule has 0 saturated heterocycles. The van der Waals surface area contributed by atoms with Gasteiger partial charge in [0.1, 0.15) is 22.9 Å². The van der Waals surface area contributed by atoms with Gasteiger partial charge in [0.25, 0.3) is 0 Å². The van der Waals surface area contributed by atoms with E-state index in [-0.39, 0.29) is 17.5 Å². The third kappa shape index (κ3) is 4.54. The Morgan fingerprint density at radius 3 is 2.04 bits per heavy atom. The molecular weight excluding hydrogens is 298 g/mol. The SMILES string of the molecule is COc1ccc(OC(=O)c2cccc(C(=O)OC(C)C)n2)cc1. The second-order valence-corrected chi connectivity index (χ2v) is 4.93. The van der Waals surface area contributed by atoms with Gasteiger partial charge >= 0.3 is 11.9 Å². The third-order valence-electron chi connectivity index (χ3n) is 2.78. The quantitative estimate of drug-likeness (QED) is 0.624. The highest BCUT2D eigenvalue weighted by Gasteiger charge is 2.16. The van der Waals surface area contributed by atoms with E-state index in [1.54, 1.807) is 51.3 Å². The maximum absolute atomic E-state index is 12.1. The number of carbonyl (C=O) groups is 2. The van der Waals surface area contributed by atoms with Crippen molar-refractivity contribution in [2.45, 2.75) is 20.0 Å². The lowest BCUT2D eigenvalue weighted by atomic mass is 10.3. The number of methoxy groups -OCH3 is 1. The Bertz CT molecular complexity index is 694. The molecule has 6 heteroatoms. The molecular formula is C17H17NO5. The fourth-order valence-corrected chi connectivity index (χ4v) is 1.74. The lowest BCUT2D eigenvalue weighted by Crippen LogP contribution is -2.16. The first-order valence-electron chi connectivity index (χ1n) is 7.04. The summed E-state index contributed by atoms with van der Waals surface area (Å²) in [6.45, 7) is 3.47. The normalized spacial score (nSPS) is 10.3. The van der Waals surface area contributed by atoms with E-state index >= 15 is 0 Å². The average molecular weight is 315 g/mol. The Morgan fingerprint density at radius 2 is 1.48 bits per heavy atom. The van der Waals surface area contributed by atoms with Gasteiger partial charge in [-0.05, 0) is 50.2 Å². The van der Waals surface area contributed by atoms with Crippen LogP contribution in [0, 0.1) is 0 Å². The molecule has 120 valence electrons. The van der Waals surface area contributed by atoms with Crippen LogP contribution in [0.4, 0.5) is 0 Å². The maximum atomic E-state index is 12.1. The lowest BCUT2D eigenvalue weighted by Gasteiger charge is -2.08. The van der Waals surface area contributed by atoms with Crippen LogP contribution in [0.5, 0.6) is 11.5 Å². The summed E-state index contributed by atoms with van der Waals surface area (Å²) in [5.41, 5.74) is 0.0851. The monoisotopic (exact) mass is 315 g/mol. The van der Waals surface area contributed by atoms with Gasteiger partial charge in [-0.1, -0.05) is 6.07 Å². The molecule has 0 aliphatic carbocycles. The minimum absolute atomic E-state index is 0.0269. The van der Waals surface area contributed by atoms with Crippen molar-refractivity contribution in [1.82, 2.24) is 4.98 Å². The highest BCUT2D eigenvalue weighted by atomic mass is 16.5. The second kappa shape index (κ2) is 7.40. The summed E-state index contributed by atoms with van der Waals surface area (Å²) in [6, 6.07) is 11.1. The van der Waals surface area contributed by atoms with E-state index in [4.69, 9.17) is 14.2 Å². The van der Waals surface area contributed by atoms with Crippen LogP contribution in [0.3, 0.4) is 0 Å². The molecule has 0 fully saturated rings. The molecule has 0 unspecified atom stereocenters. The highest BCUT2D eigenvalue weighted by Crippen LogP contribution is 2.18. The number of pyridine rings is 1. The summed E-state index contributed by atoms with van der Waals surface area (Å²) in [5.74, 6) is -0.234. The Hall–Kier alpha value is -2.89. The Labute approximate surface area is 134 Å². The minimum atomic E-state index is -0.658. The van der Waals surface area contributed by atoms with Gasteiger partial charge in [-0.3, -0.25) is 0 Å². The van der Waals surface area contributed by atoms with Crippen molar-refractivity contribution in [3.05, 3.63) is 53.9 Å². The Balaban J connectivity index is 2.11. The zero-order chi connectivity index (χ0) is 16.8. The van der Waals surface area contributed by atoms with Crippen LogP contribution in [0.25, 0.3) is 0 Å². The van der Waals surface area contributed by atoms with Gasteiger partial charge in [-0.25, -0.2) is 14.6 Å². The van der Waals surface area contributed by atoms with Crippen LogP contribution in [-0.4, -0.2) is 30.1 Å². The Kier molecular flexibility index (Phi) is 5.30. The number of nitrogens with zero attached hydrogens (tertiary/aromatic N) is 1. The Morgan fingerprint density at radius 1 is 0.913 bits per heavy atom. The molecule has 0 amide bonds. The molecule has 0 saturated carbocycles. The smallest absolute Gasteiger partial charge is 0.362 e. The first kappa shape index (κ1) is 16.5. The number of aromatic nitrogens is 1. The van der Waals surface area contributed by atoms with Gasteiger partial charge in [0.2, 0.25) is 0 Å². The summed E-state index contributed by atoms with van der Waals surface area (Å²) < 4.78 is 15.3. The highest BCUT2D eigenvalue weighted by molar-refractivity contribution is 5.92. The van der Waals surface area contributed by atoms with Gasteiger partial charge in [0.15, 0.2) is 0 Å². The van der Waals surface area contributed by atoms with Crippen molar-refractivity contribution >= 4 is 11.9 Å². The largest absolute Gasteiger partial charge is 0.497 e. The van der Waals surface area contributed by atoms with Crippen LogP contribution in [0.2, 0.25) is 0 Å². The molecule has 0 atom stereocenters. The first-order chi connectivity index (χ1) is 11.0. The standard InChI is InChI=1S/C17H17NO5/c1-11(2)22-16(19)14-5-4-6-15(18-14)17(20)23-13-9-7-12(21-3)8-10-13/h4-11H,1-3H3. The number of carbonyl (C=O) groups excluding carboxylic acids is 2. The molecule has 1 aromatic heterocycles. The minimum Gasteiger partial charge on any atom is -0.497 e. The van der Waals surface area contributed by atoms with E-state index < -0.39 is 11.9 Å². The van der Waals surface area contributed by atoms with Crippen molar-refractivity contribution in [3.8, 4) is 11.5 Å². The number of benzene rings is 1. The van der Waals surface area contributed by atoms with Crippen LogP contribution >= 0.6 is 0 Å². The molecule has 1 heterocycles. The second-order valence-electron chi connectivity index (χ2n) is 4.93. The average Bonchev–Trinajstić information content (AvgIpc) is 2.55. The third-order valence-corrected chi connectivity index (χ3v) is 2.78. The molecule has 0 N–H and O–H groups in total. The first-order valence-corrected chi connectivity index (χ1v) is 7.04. The molecule has 0 aliphatic rings. The van der Waals surface area contributed by atoms with Gasteiger partial charge in [-0.15, -0.1) is 0 Å². The zero-order valence-corrected chi connectivity index (χ0v) is 13.1. The predicted molar refractivity (Wildman–Crippen MR) is 82.7 cm³/mol. The molecule has 6 nitrogen and oxygen atoms in total. The molecule has 0 radical (unpaired) electrons. The molecule has 23 heavy (non-hydrogen) atoms. The molecule has 0 aliphatic heterocycles. The summed E-state index contributed by atoms with van der Waals surface area (Å²) in [4.78, 5) is 27.9. The zero-order valence-electron chi connectivity index (χ0n) is 13.1. The van der Waals surface area contributed by atoms with Crippen molar-refractivity contribution in [3.63, 3.8) is 0 Å². The summed E-state index contributed by atoms with van der Waals surface area (Å²) >= 11 is 0. The van der Waals surface area contributed by atoms with Crippen LogP contribution in [-0.2, 0) is 4.74 Å². The summed E-state index contributed by atoms with van der Waals surface area (Å²) in [6.07, 6.45) is -0.265. The van der Waals surface area contributed by atoms with Gasteiger partial charge in [0, 0.05) is 0 Å². The molecule has 0 bridgehead atoms. The number of ether oxygens (including phenoxy) is 3. The van der Waals surface area contributed by atoms with E-state index in [9.17, 15) is 9.59 Å². The fourth-order valence-electron chi connectivity index (χ4n) is 1.74. The lowest BCUT2D eigenvalue weighted by molar-refractivity contribution is 0.0370. The van der Waals surface area contributed by atoms with Crippen LogP contribution in [0.15, 0.2) is 42.5 Å². The molecule has 0 spiro atoms. The molecule has 1 aromatic carbocycles. The van der Waals surface area contributed by atoms with E-state index in [0.717, 1.165) is 0 Å². The van der Waals surface area contributed by atoms with E-state index in [1.807, 2.05) is 0 Å². The van der Waals surface area contributed by atoms with Crippen molar-refractivity contribution < 1.29 is 23.8 Å². The van der Waals surface area contributed by atoms with Crippen molar-refractivity contribution in [1.29, 1.82) is 0 Å².